The summed E-state index contributed by atoms with van der Waals surface area (Å²) in [7, 11) is 1.66. The van der Waals surface area contributed by atoms with Crippen molar-refractivity contribution in [1.29, 1.82) is 0 Å². The molecular formula is C11H19N3O2S. The Morgan fingerprint density at radius 3 is 2.88 bits per heavy atom. The highest BCUT2D eigenvalue weighted by Gasteiger charge is 2.35. The molecule has 2 heterocycles. The van der Waals surface area contributed by atoms with E-state index >= 15 is 0 Å². The number of hydrogen-bond acceptors (Lipinski definition) is 6. The lowest BCUT2D eigenvalue weighted by Gasteiger charge is -2.21. The van der Waals surface area contributed by atoms with Crippen molar-refractivity contribution in [2.75, 3.05) is 18.6 Å². The fourth-order valence-corrected chi connectivity index (χ4v) is 3.10. The van der Waals surface area contributed by atoms with Gasteiger partial charge in [-0.15, -0.1) is 0 Å². The number of rotatable bonds is 4. The summed E-state index contributed by atoms with van der Waals surface area (Å²) in [6.45, 7) is 4.00. The Bertz CT molecular complexity index is 379. The number of nitrogens with two attached hydrogens (primary N) is 1. The molecule has 1 fully saturated rings. The lowest BCUT2D eigenvalue weighted by atomic mass is 10.0. The molecule has 2 rings (SSSR count). The maximum absolute atomic E-state index is 6.01. The molecule has 6 heteroatoms. The third kappa shape index (κ3) is 2.34. The van der Waals surface area contributed by atoms with Crippen LogP contribution in [0.2, 0.25) is 0 Å². The Hall–Kier alpha value is -0.590. The summed E-state index contributed by atoms with van der Waals surface area (Å²) in [5, 5.41) is 4.03. The van der Waals surface area contributed by atoms with E-state index in [0.29, 0.717) is 11.7 Å². The molecule has 2 N–H and O–H groups in total. The highest BCUT2D eigenvalue weighted by molar-refractivity contribution is 7.99. The third-order valence-electron chi connectivity index (χ3n) is 3.48. The standard InChI is InChI=1S/C11H19N3O2S/c1-4-11(2,15-3)10-13-9(16-14-10)7-5-17-6-8(7)12/h7-8H,4-6,12H2,1-3H3. The normalized spacial score (nSPS) is 28.2. The lowest BCUT2D eigenvalue weighted by Crippen LogP contribution is -2.28. The van der Waals surface area contributed by atoms with Crippen LogP contribution in [-0.2, 0) is 10.3 Å². The van der Waals surface area contributed by atoms with Crippen LogP contribution in [0.1, 0.15) is 37.9 Å². The molecule has 3 atom stereocenters. The second-order valence-electron chi connectivity index (χ2n) is 4.55. The zero-order valence-electron chi connectivity index (χ0n) is 10.5. The Kier molecular flexibility index (Phi) is 3.75. The van der Waals surface area contributed by atoms with Gasteiger partial charge in [0.1, 0.15) is 5.60 Å². The molecule has 1 aliphatic rings. The van der Waals surface area contributed by atoms with Crippen LogP contribution in [0, 0.1) is 0 Å². The van der Waals surface area contributed by atoms with Crippen molar-refractivity contribution in [3.8, 4) is 0 Å². The Labute approximate surface area is 105 Å². The van der Waals surface area contributed by atoms with Crippen LogP contribution in [0.3, 0.4) is 0 Å². The molecule has 5 nitrogen and oxygen atoms in total. The van der Waals surface area contributed by atoms with Crippen LogP contribution in [0.25, 0.3) is 0 Å². The highest BCUT2D eigenvalue weighted by atomic mass is 32.2. The van der Waals surface area contributed by atoms with Gasteiger partial charge in [0.25, 0.3) is 0 Å². The first-order valence-electron chi connectivity index (χ1n) is 5.83. The number of nitrogens with zero attached hydrogens (tertiary/aromatic N) is 2. The second-order valence-corrected chi connectivity index (χ2v) is 5.63. The summed E-state index contributed by atoms with van der Waals surface area (Å²) in [5.41, 5.74) is 5.54. The van der Waals surface area contributed by atoms with E-state index in [4.69, 9.17) is 15.0 Å². The topological polar surface area (TPSA) is 74.2 Å². The minimum Gasteiger partial charge on any atom is -0.370 e. The summed E-state index contributed by atoms with van der Waals surface area (Å²) < 4.78 is 10.8. The van der Waals surface area contributed by atoms with Gasteiger partial charge in [0.2, 0.25) is 11.7 Å². The van der Waals surface area contributed by atoms with Crippen molar-refractivity contribution < 1.29 is 9.26 Å². The van der Waals surface area contributed by atoms with Gasteiger partial charge in [-0.3, -0.25) is 0 Å². The highest BCUT2D eigenvalue weighted by Crippen LogP contribution is 2.32. The minimum absolute atomic E-state index is 0.115. The van der Waals surface area contributed by atoms with E-state index in [1.54, 1.807) is 7.11 Å². The smallest absolute Gasteiger partial charge is 0.232 e. The number of methoxy groups -OCH3 is 1. The van der Waals surface area contributed by atoms with Gasteiger partial charge in [-0.1, -0.05) is 12.1 Å². The predicted octanol–water partition coefficient (Wildman–Crippen LogP) is 1.50. The minimum atomic E-state index is -0.475. The van der Waals surface area contributed by atoms with Gasteiger partial charge < -0.3 is 15.0 Å². The molecule has 1 aliphatic heterocycles. The second kappa shape index (κ2) is 4.96. The van der Waals surface area contributed by atoms with E-state index in [0.717, 1.165) is 17.9 Å². The first kappa shape index (κ1) is 12.9. The van der Waals surface area contributed by atoms with Gasteiger partial charge in [-0.05, 0) is 13.3 Å². The molecule has 0 spiro atoms. The molecule has 17 heavy (non-hydrogen) atoms. The van der Waals surface area contributed by atoms with Gasteiger partial charge in [-0.25, -0.2) is 0 Å². The van der Waals surface area contributed by atoms with Crippen molar-refractivity contribution in [2.45, 2.75) is 37.8 Å². The Balaban J connectivity index is 2.21. The van der Waals surface area contributed by atoms with E-state index in [2.05, 4.69) is 10.1 Å². The van der Waals surface area contributed by atoms with Crippen molar-refractivity contribution in [3.05, 3.63) is 11.7 Å². The quantitative estimate of drug-likeness (QED) is 0.881. The number of hydrogen-bond donors (Lipinski definition) is 1. The molecule has 0 aliphatic carbocycles. The molecule has 0 amide bonds. The molecule has 0 bridgehead atoms. The van der Waals surface area contributed by atoms with Gasteiger partial charge in [-0.2, -0.15) is 16.7 Å². The Morgan fingerprint density at radius 1 is 1.59 bits per heavy atom. The molecular weight excluding hydrogens is 238 g/mol. The molecule has 0 saturated carbocycles. The molecule has 3 unspecified atom stereocenters. The van der Waals surface area contributed by atoms with Crippen molar-refractivity contribution in [2.24, 2.45) is 5.73 Å². The fraction of sp³-hybridized carbons (Fsp3) is 0.818. The molecule has 0 radical (unpaired) electrons. The first-order valence-corrected chi connectivity index (χ1v) is 6.98. The average Bonchev–Trinajstić information content (AvgIpc) is 2.96. The maximum Gasteiger partial charge on any atom is 0.232 e. The van der Waals surface area contributed by atoms with Crippen molar-refractivity contribution >= 4 is 11.8 Å². The van der Waals surface area contributed by atoms with Gasteiger partial charge in [0.15, 0.2) is 0 Å². The summed E-state index contributed by atoms with van der Waals surface area (Å²) in [6.07, 6.45) is 0.800. The Morgan fingerprint density at radius 2 is 2.35 bits per heavy atom. The molecule has 1 aromatic heterocycles. The van der Waals surface area contributed by atoms with Crippen LogP contribution in [0.4, 0.5) is 0 Å². The molecule has 1 saturated heterocycles. The van der Waals surface area contributed by atoms with E-state index in [1.165, 1.54) is 0 Å². The number of ether oxygens (including phenoxy) is 1. The summed E-state index contributed by atoms with van der Waals surface area (Å²) in [6, 6.07) is 0.115. The number of aromatic nitrogens is 2. The van der Waals surface area contributed by atoms with Gasteiger partial charge >= 0.3 is 0 Å². The number of thioether (sulfide) groups is 1. The lowest BCUT2D eigenvalue weighted by molar-refractivity contribution is -0.0106. The largest absolute Gasteiger partial charge is 0.370 e. The van der Waals surface area contributed by atoms with Crippen LogP contribution in [0.15, 0.2) is 4.52 Å². The van der Waals surface area contributed by atoms with Crippen LogP contribution < -0.4 is 5.73 Å². The monoisotopic (exact) mass is 257 g/mol. The first-order chi connectivity index (χ1) is 8.10. The van der Waals surface area contributed by atoms with Crippen LogP contribution >= 0.6 is 11.8 Å². The third-order valence-corrected chi connectivity index (χ3v) is 4.70. The average molecular weight is 257 g/mol. The van der Waals surface area contributed by atoms with E-state index in [1.807, 2.05) is 25.6 Å². The molecule has 1 aromatic rings. The SMILES string of the molecule is CCC(C)(OC)c1noc(C2CSCC2N)n1. The van der Waals surface area contributed by atoms with E-state index < -0.39 is 5.60 Å². The van der Waals surface area contributed by atoms with Crippen LogP contribution in [-0.4, -0.2) is 34.8 Å². The molecule has 96 valence electrons. The van der Waals surface area contributed by atoms with E-state index in [-0.39, 0.29) is 12.0 Å². The maximum atomic E-state index is 6.01. The zero-order chi connectivity index (χ0) is 12.5. The summed E-state index contributed by atoms with van der Waals surface area (Å²) >= 11 is 1.83. The van der Waals surface area contributed by atoms with E-state index in [9.17, 15) is 0 Å². The molecule has 0 aromatic carbocycles. The van der Waals surface area contributed by atoms with Crippen molar-refractivity contribution in [3.63, 3.8) is 0 Å². The zero-order valence-corrected chi connectivity index (χ0v) is 11.3. The van der Waals surface area contributed by atoms with Gasteiger partial charge in [0, 0.05) is 24.7 Å². The summed E-state index contributed by atoms with van der Waals surface area (Å²) in [5.74, 6) is 3.35. The fourth-order valence-electron chi connectivity index (χ4n) is 1.82. The van der Waals surface area contributed by atoms with Gasteiger partial charge in [0.05, 0.1) is 5.92 Å². The summed E-state index contributed by atoms with van der Waals surface area (Å²) in [4.78, 5) is 4.46. The predicted molar refractivity (Wildman–Crippen MR) is 67.0 cm³/mol. The van der Waals surface area contributed by atoms with Crippen LogP contribution in [0.5, 0.6) is 0 Å². The van der Waals surface area contributed by atoms with Crippen molar-refractivity contribution in [1.82, 2.24) is 10.1 Å².